The molecule has 0 spiro atoms. The van der Waals surface area contributed by atoms with E-state index in [9.17, 15) is 36.6 Å². The second-order valence-corrected chi connectivity index (χ2v) is 16.7. The van der Waals surface area contributed by atoms with Crippen LogP contribution in [0.1, 0.15) is 45.7 Å². The third-order valence-corrected chi connectivity index (χ3v) is 13.5. The standard InChI is InChI=1S/C36H39IN4O10S2/c1-5-40(15-17-42)52(46,47)22-11-13-30(50-3)28(19-22)38-33-27(37)21-26-32(36(45)25-10-8-7-9-24(25)35(26)44)34(33)39-29-20-23(12-14-31(29)51-4)53(48,49)41(6-2)16-18-43/h7-14,19-21,38-39,42-43H,5-6,15-18H2,1-4H3. The van der Waals surface area contributed by atoms with Crippen LogP contribution in [0, 0.1) is 3.57 Å². The van der Waals surface area contributed by atoms with Crippen LogP contribution in [0.3, 0.4) is 0 Å². The summed E-state index contributed by atoms with van der Waals surface area (Å²) in [4.78, 5) is 28.0. The molecule has 0 fully saturated rings. The third kappa shape index (κ3) is 7.64. The lowest BCUT2D eigenvalue weighted by atomic mass is 9.82. The highest BCUT2D eigenvalue weighted by Gasteiger charge is 2.35. The number of benzene rings is 4. The fourth-order valence-electron chi connectivity index (χ4n) is 6.05. The highest BCUT2D eigenvalue weighted by Crippen LogP contribution is 2.45. The number of aliphatic hydroxyl groups excluding tert-OH is 2. The number of hydrogen-bond donors (Lipinski definition) is 4. The molecule has 4 aromatic carbocycles. The van der Waals surface area contributed by atoms with Gasteiger partial charge >= 0.3 is 0 Å². The van der Waals surface area contributed by atoms with E-state index in [4.69, 9.17) is 9.47 Å². The van der Waals surface area contributed by atoms with Gasteiger partial charge in [0.15, 0.2) is 11.6 Å². The topological polar surface area (TPSA) is 192 Å². The number of aliphatic hydroxyl groups is 2. The molecule has 0 atom stereocenters. The fraction of sp³-hybridized carbons (Fsp3) is 0.278. The van der Waals surface area contributed by atoms with Crippen molar-refractivity contribution in [3.05, 3.63) is 92.6 Å². The average molecular weight is 879 g/mol. The molecule has 14 nitrogen and oxygen atoms in total. The quantitative estimate of drug-likeness (QED) is 0.101. The van der Waals surface area contributed by atoms with Crippen molar-refractivity contribution in [3.63, 3.8) is 0 Å². The Hall–Kier alpha value is -4.11. The summed E-state index contributed by atoms with van der Waals surface area (Å²) in [6.45, 7) is 2.49. The summed E-state index contributed by atoms with van der Waals surface area (Å²) in [6, 6.07) is 16.3. The molecule has 1 aliphatic rings. The van der Waals surface area contributed by atoms with Gasteiger partial charge in [0.2, 0.25) is 20.0 Å². The molecule has 1 aliphatic carbocycles. The third-order valence-electron chi connectivity index (χ3n) is 8.71. The van der Waals surface area contributed by atoms with Gasteiger partial charge < -0.3 is 30.3 Å². The maximum Gasteiger partial charge on any atom is 0.243 e. The van der Waals surface area contributed by atoms with E-state index in [1.54, 1.807) is 44.2 Å². The molecule has 0 aliphatic heterocycles. The van der Waals surface area contributed by atoms with Gasteiger partial charge in [-0.2, -0.15) is 8.61 Å². The Kier molecular flexibility index (Phi) is 12.5. The number of sulfonamides is 2. The minimum atomic E-state index is -4.09. The predicted octanol–water partition coefficient (Wildman–Crippen LogP) is 4.58. The molecule has 0 saturated carbocycles. The Morgan fingerprint density at radius 3 is 1.55 bits per heavy atom. The summed E-state index contributed by atoms with van der Waals surface area (Å²) < 4.78 is 68.3. The van der Waals surface area contributed by atoms with Crippen LogP contribution in [0.15, 0.2) is 76.5 Å². The SMILES string of the molecule is CCN(CCO)S(=O)(=O)c1ccc(OC)c(Nc2c(I)cc3c(c2Nc2cc(S(=O)(=O)N(CC)CCO)ccc2OC)C(=O)c2ccccc2C3=O)c1. The first-order chi connectivity index (χ1) is 25.3. The number of ether oxygens (including phenoxy) is 2. The van der Waals surface area contributed by atoms with Crippen molar-refractivity contribution < 1.29 is 46.1 Å². The minimum absolute atomic E-state index is 0.00904. The number of likely N-dealkylation sites (N-methyl/N-ethyl adjacent to an activating group) is 2. The minimum Gasteiger partial charge on any atom is -0.495 e. The lowest BCUT2D eigenvalue weighted by Crippen LogP contribution is -2.33. The summed E-state index contributed by atoms with van der Waals surface area (Å²) >= 11 is 2.00. The van der Waals surface area contributed by atoms with Crippen LogP contribution in [0.2, 0.25) is 0 Å². The van der Waals surface area contributed by atoms with Crippen LogP contribution in [-0.2, 0) is 20.0 Å². The predicted molar refractivity (Wildman–Crippen MR) is 208 cm³/mol. The molecule has 53 heavy (non-hydrogen) atoms. The molecule has 0 amide bonds. The molecule has 4 aromatic rings. The van der Waals surface area contributed by atoms with Gasteiger partial charge in [0, 0.05) is 46.4 Å². The lowest BCUT2D eigenvalue weighted by Gasteiger charge is -2.26. The van der Waals surface area contributed by atoms with E-state index >= 15 is 0 Å². The summed E-state index contributed by atoms with van der Waals surface area (Å²) in [5, 5.41) is 25.4. The molecule has 0 aromatic heterocycles. The van der Waals surface area contributed by atoms with Gasteiger partial charge in [0.25, 0.3) is 0 Å². The van der Waals surface area contributed by atoms with Gasteiger partial charge in [0.05, 0.1) is 65.5 Å². The van der Waals surface area contributed by atoms with Gasteiger partial charge in [-0.1, -0.05) is 38.1 Å². The number of ketones is 2. The summed E-state index contributed by atoms with van der Waals surface area (Å²) in [6.07, 6.45) is 0. The van der Waals surface area contributed by atoms with E-state index in [1.807, 2.05) is 22.6 Å². The second-order valence-electron chi connectivity index (χ2n) is 11.6. The number of methoxy groups -OCH3 is 2. The molecule has 282 valence electrons. The highest BCUT2D eigenvalue weighted by atomic mass is 127. The number of halogens is 1. The molecule has 0 radical (unpaired) electrons. The zero-order valence-electron chi connectivity index (χ0n) is 29.3. The average Bonchev–Trinajstić information content (AvgIpc) is 3.15. The highest BCUT2D eigenvalue weighted by molar-refractivity contribution is 14.1. The van der Waals surface area contributed by atoms with E-state index in [1.165, 1.54) is 50.6 Å². The van der Waals surface area contributed by atoms with Crippen LogP contribution >= 0.6 is 22.6 Å². The Labute approximate surface area is 322 Å². The van der Waals surface area contributed by atoms with E-state index in [0.29, 0.717) is 3.57 Å². The van der Waals surface area contributed by atoms with Crippen LogP contribution in [-0.4, -0.2) is 101 Å². The maximum absolute atomic E-state index is 14.3. The van der Waals surface area contributed by atoms with Gasteiger partial charge in [-0.3, -0.25) is 9.59 Å². The molecule has 4 N–H and O–H groups in total. The van der Waals surface area contributed by atoms with E-state index in [2.05, 4.69) is 10.6 Å². The number of carbonyl (C=O) groups is 2. The normalized spacial score (nSPS) is 12.8. The van der Waals surface area contributed by atoms with Crippen LogP contribution in [0.5, 0.6) is 11.5 Å². The monoisotopic (exact) mass is 878 g/mol. The van der Waals surface area contributed by atoms with E-state index < -0.39 is 31.6 Å². The summed E-state index contributed by atoms with van der Waals surface area (Å²) in [7, 11) is -5.36. The maximum atomic E-state index is 14.3. The molecule has 0 saturated heterocycles. The van der Waals surface area contributed by atoms with Crippen LogP contribution < -0.4 is 20.1 Å². The molecule has 5 rings (SSSR count). The van der Waals surface area contributed by atoms with Gasteiger partial charge in [-0.25, -0.2) is 16.8 Å². The van der Waals surface area contributed by atoms with Crippen molar-refractivity contribution in [1.82, 2.24) is 8.61 Å². The van der Waals surface area contributed by atoms with Crippen molar-refractivity contribution >= 4 is 77.0 Å². The second kappa shape index (κ2) is 16.5. The van der Waals surface area contributed by atoms with Crippen LogP contribution in [0.25, 0.3) is 0 Å². The molecular formula is C36H39IN4O10S2. The fourth-order valence-corrected chi connectivity index (χ4v) is 9.70. The summed E-state index contributed by atoms with van der Waals surface area (Å²) in [5.74, 6) is -0.429. The molecule has 0 heterocycles. The van der Waals surface area contributed by atoms with Crippen LogP contribution in [0.4, 0.5) is 22.7 Å². The number of nitrogens with zero attached hydrogens (tertiary/aromatic N) is 2. The Bertz CT molecular complexity index is 2280. The van der Waals surface area contributed by atoms with Crippen molar-refractivity contribution in [3.8, 4) is 11.5 Å². The van der Waals surface area contributed by atoms with Crippen molar-refractivity contribution in [1.29, 1.82) is 0 Å². The first kappa shape index (κ1) is 40.1. The lowest BCUT2D eigenvalue weighted by molar-refractivity contribution is 0.0979. The Morgan fingerprint density at radius 2 is 1.11 bits per heavy atom. The van der Waals surface area contributed by atoms with Gasteiger partial charge in [0.1, 0.15) is 11.5 Å². The first-order valence-electron chi connectivity index (χ1n) is 16.5. The summed E-state index contributed by atoms with van der Waals surface area (Å²) in [5.41, 5.74) is 1.13. The smallest absolute Gasteiger partial charge is 0.243 e. The zero-order chi connectivity index (χ0) is 38.7. The Balaban J connectivity index is 1.76. The number of rotatable bonds is 16. The number of hydrogen-bond acceptors (Lipinski definition) is 12. The van der Waals surface area contributed by atoms with Crippen molar-refractivity contribution in [2.45, 2.75) is 23.6 Å². The number of anilines is 4. The van der Waals surface area contributed by atoms with Gasteiger partial charge in [-0.15, -0.1) is 0 Å². The number of carbonyl (C=O) groups excluding carboxylic acids is 2. The molecule has 17 heteroatoms. The van der Waals surface area contributed by atoms with E-state index in [0.717, 1.165) is 8.61 Å². The number of fused-ring (bicyclic) bond motifs is 2. The largest absolute Gasteiger partial charge is 0.495 e. The molecular weight excluding hydrogens is 839 g/mol. The zero-order valence-corrected chi connectivity index (χ0v) is 33.1. The number of nitrogens with one attached hydrogen (secondary N) is 2. The van der Waals surface area contributed by atoms with Crippen molar-refractivity contribution in [2.24, 2.45) is 0 Å². The molecule has 0 unspecified atom stereocenters. The van der Waals surface area contributed by atoms with Gasteiger partial charge in [-0.05, 0) is 65.1 Å². The molecule has 0 bridgehead atoms. The van der Waals surface area contributed by atoms with Crippen molar-refractivity contribution in [2.75, 3.05) is 64.2 Å². The van der Waals surface area contributed by atoms with E-state index in [-0.39, 0.29) is 106 Å². The first-order valence-corrected chi connectivity index (χ1v) is 20.4. The Morgan fingerprint density at radius 1 is 0.660 bits per heavy atom.